The van der Waals surface area contributed by atoms with Crippen molar-refractivity contribution in [3.8, 4) is 11.3 Å². The second-order valence-corrected chi connectivity index (χ2v) is 5.18. The molecular weight excluding hydrogens is 336 g/mol. The summed E-state index contributed by atoms with van der Waals surface area (Å²) >= 11 is 6.18. The number of ether oxygens (including phenoxy) is 1. The van der Waals surface area contributed by atoms with Crippen molar-refractivity contribution >= 4 is 28.9 Å². The minimum atomic E-state index is -0.573. The smallest absolute Gasteiger partial charge is 0.358 e. The Morgan fingerprint density at radius 3 is 2.88 bits per heavy atom. The van der Waals surface area contributed by atoms with Crippen LogP contribution >= 0.6 is 11.6 Å². The molecule has 2 heterocycles. The van der Waals surface area contributed by atoms with Gasteiger partial charge in [0.15, 0.2) is 11.3 Å². The van der Waals surface area contributed by atoms with Gasteiger partial charge < -0.3 is 4.74 Å². The molecule has 0 fully saturated rings. The van der Waals surface area contributed by atoms with E-state index in [4.69, 9.17) is 16.3 Å². The molecule has 0 unspecified atom stereocenters. The van der Waals surface area contributed by atoms with Crippen molar-refractivity contribution in [1.29, 1.82) is 0 Å². The lowest BCUT2D eigenvalue weighted by Gasteiger charge is -2.03. The number of esters is 1. The SMILES string of the molecule is CCOC(=O)c1cc2nc(-c3cccc([N+](=O)[O-])c3)cc(Cl)n2n1. The number of nitro groups is 1. The van der Waals surface area contributed by atoms with E-state index >= 15 is 0 Å². The summed E-state index contributed by atoms with van der Waals surface area (Å²) in [6.07, 6.45) is 0. The Bertz CT molecular complexity index is 954. The van der Waals surface area contributed by atoms with Crippen LogP contribution in [0.3, 0.4) is 0 Å². The van der Waals surface area contributed by atoms with E-state index in [-0.39, 0.29) is 23.1 Å². The van der Waals surface area contributed by atoms with Gasteiger partial charge in [-0.05, 0) is 6.92 Å². The molecule has 0 aliphatic rings. The Kier molecular flexibility index (Phi) is 4.13. The van der Waals surface area contributed by atoms with Crippen LogP contribution in [0, 0.1) is 10.1 Å². The van der Waals surface area contributed by atoms with Crippen LogP contribution in [-0.4, -0.2) is 32.1 Å². The Balaban J connectivity index is 2.09. The average molecular weight is 347 g/mol. The number of fused-ring (bicyclic) bond motifs is 1. The van der Waals surface area contributed by atoms with Crippen LogP contribution in [-0.2, 0) is 4.74 Å². The molecule has 3 rings (SSSR count). The predicted molar refractivity (Wildman–Crippen MR) is 86.0 cm³/mol. The molecular formula is C15H11ClN4O4. The normalized spacial score (nSPS) is 10.8. The largest absolute Gasteiger partial charge is 0.461 e. The van der Waals surface area contributed by atoms with Crippen LogP contribution in [0.15, 0.2) is 36.4 Å². The second-order valence-electron chi connectivity index (χ2n) is 4.79. The van der Waals surface area contributed by atoms with Crippen LogP contribution in [0.25, 0.3) is 16.9 Å². The van der Waals surface area contributed by atoms with Crippen LogP contribution in [0.1, 0.15) is 17.4 Å². The van der Waals surface area contributed by atoms with Gasteiger partial charge in [0.05, 0.1) is 17.2 Å². The van der Waals surface area contributed by atoms with Gasteiger partial charge in [0.2, 0.25) is 0 Å². The van der Waals surface area contributed by atoms with Crippen LogP contribution in [0.4, 0.5) is 5.69 Å². The highest BCUT2D eigenvalue weighted by molar-refractivity contribution is 6.30. The van der Waals surface area contributed by atoms with E-state index in [1.807, 2.05) is 0 Å². The Morgan fingerprint density at radius 1 is 1.38 bits per heavy atom. The van der Waals surface area contributed by atoms with E-state index in [1.165, 1.54) is 28.8 Å². The monoisotopic (exact) mass is 346 g/mol. The fraction of sp³-hybridized carbons (Fsp3) is 0.133. The first-order valence-electron chi connectivity index (χ1n) is 6.98. The molecule has 0 amide bonds. The number of carbonyl (C=O) groups is 1. The molecule has 0 aliphatic heterocycles. The van der Waals surface area contributed by atoms with Crippen LogP contribution in [0.5, 0.6) is 0 Å². The zero-order valence-corrected chi connectivity index (χ0v) is 13.2. The topological polar surface area (TPSA) is 99.6 Å². The zero-order chi connectivity index (χ0) is 17.3. The highest BCUT2D eigenvalue weighted by atomic mass is 35.5. The van der Waals surface area contributed by atoms with Gasteiger partial charge in [-0.15, -0.1) is 0 Å². The van der Waals surface area contributed by atoms with Gasteiger partial charge in [-0.3, -0.25) is 10.1 Å². The maximum Gasteiger partial charge on any atom is 0.358 e. The third kappa shape index (κ3) is 2.91. The number of rotatable bonds is 4. The fourth-order valence-corrected chi connectivity index (χ4v) is 2.40. The summed E-state index contributed by atoms with van der Waals surface area (Å²) in [5.41, 5.74) is 1.35. The zero-order valence-electron chi connectivity index (χ0n) is 12.5. The summed E-state index contributed by atoms with van der Waals surface area (Å²) in [6, 6.07) is 9.01. The van der Waals surface area contributed by atoms with Crippen molar-refractivity contribution in [2.24, 2.45) is 0 Å². The number of benzene rings is 1. The summed E-state index contributed by atoms with van der Waals surface area (Å²) in [6.45, 7) is 1.92. The lowest BCUT2D eigenvalue weighted by atomic mass is 10.1. The molecule has 0 saturated carbocycles. The van der Waals surface area contributed by atoms with Crippen LogP contribution < -0.4 is 0 Å². The summed E-state index contributed by atoms with van der Waals surface area (Å²) in [5.74, 6) is -0.573. The number of aromatic nitrogens is 3. The predicted octanol–water partition coefficient (Wildman–Crippen LogP) is 3.13. The van der Waals surface area contributed by atoms with E-state index < -0.39 is 10.9 Å². The number of nitrogens with zero attached hydrogens (tertiary/aromatic N) is 4. The fourth-order valence-electron chi connectivity index (χ4n) is 2.17. The summed E-state index contributed by atoms with van der Waals surface area (Å²) < 4.78 is 6.19. The third-order valence-corrected chi connectivity index (χ3v) is 3.49. The summed E-state index contributed by atoms with van der Waals surface area (Å²) in [5, 5.41) is 15.2. The van der Waals surface area contributed by atoms with E-state index in [1.54, 1.807) is 19.1 Å². The number of carbonyl (C=O) groups excluding carboxylic acids is 1. The Labute approximate surface area is 140 Å². The van der Waals surface area contributed by atoms with Gasteiger partial charge in [0, 0.05) is 29.8 Å². The van der Waals surface area contributed by atoms with Crippen LogP contribution in [0.2, 0.25) is 5.15 Å². The molecule has 0 N–H and O–H groups in total. The number of nitro benzene ring substituents is 1. The lowest BCUT2D eigenvalue weighted by molar-refractivity contribution is -0.384. The molecule has 0 bridgehead atoms. The van der Waals surface area contributed by atoms with Crippen molar-refractivity contribution in [3.63, 3.8) is 0 Å². The summed E-state index contributed by atoms with van der Waals surface area (Å²) in [4.78, 5) is 26.5. The quantitative estimate of drug-likeness (QED) is 0.311. The standard InChI is InChI=1S/C15H11ClN4O4/c1-2-24-15(21)12-8-14-17-11(7-13(16)19(14)18-12)9-4-3-5-10(6-9)20(22)23/h3-8H,2H2,1H3. The van der Waals surface area contributed by atoms with E-state index in [0.29, 0.717) is 16.9 Å². The first-order valence-corrected chi connectivity index (χ1v) is 7.35. The molecule has 0 aliphatic carbocycles. The molecule has 9 heteroatoms. The molecule has 0 radical (unpaired) electrons. The molecule has 8 nitrogen and oxygen atoms in total. The number of non-ortho nitro benzene ring substituents is 1. The number of hydrogen-bond donors (Lipinski definition) is 0. The lowest BCUT2D eigenvalue weighted by Crippen LogP contribution is -2.05. The first-order chi connectivity index (χ1) is 11.5. The molecule has 1 aromatic carbocycles. The molecule has 122 valence electrons. The van der Waals surface area contributed by atoms with E-state index in [9.17, 15) is 14.9 Å². The van der Waals surface area contributed by atoms with Gasteiger partial charge in [0.25, 0.3) is 5.69 Å². The van der Waals surface area contributed by atoms with Gasteiger partial charge in [-0.1, -0.05) is 23.7 Å². The minimum absolute atomic E-state index is 0.0500. The van der Waals surface area contributed by atoms with Gasteiger partial charge in [-0.2, -0.15) is 5.10 Å². The summed E-state index contributed by atoms with van der Waals surface area (Å²) in [7, 11) is 0. The van der Waals surface area contributed by atoms with Crippen molar-refractivity contribution in [3.05, 3.63) is 57.4 Å². The molecule has 24 heavy (non-hydrogen) atoms. The molecule has 0 atom stereocenters. The second kappa shape index (κ2) is 6.25. The highest BCUT2D eigenvalue weighted by Gasteiger charge is 2.16. The highest BCUT2D eigenvalue weighted by Crippen LogP contribution is 2.25. The maximum atomic E-state index is 11.8. The van der Waals surface area contributed by atoms with E-state index in [0.717, 1.165) is 0 Å². The number of hydrogen-bond acceptors (Lipinski definition) is 6. The van der Waals surface area contributed by atoms with Crippen molar-refractivity contribution < 1.29 is 14.5 Å². The molecule has 2 aromatic heterocycles. The first kappa shape index (κ1) is 15.9. The molecule has 0 spiro atoms. The Morgan fingerprint density at radius 2 is 2.17 bits per heavy atom. The van der Waals surface area contributed by atoms with Crippen molar-refractivity contribution in [1.82, 2.24) is 14.6 Å². The molecule has 0 saturated heterocycles. The minimum Gasteiger partial charge on any atom is -0.461 e. The molecule has 3 aromatic rings. The van der Waals surface area contributed by atoms with Crippen molar-refractivity contribution in [2.75, 3.05) is 6.61 Å². The Hall–Kier alpha value is -3.00. The van der Waals surface area contributed by atoms with Crippen molar-refractivity contribution in [2.45, 2.75) is 6.92 Å². The number of halogens is 1. The third-order valence-electron chi connectivity index (χ3n) is 3.22. The maximum absolute atomic E-state index is 11.8. The van der Waals surface area contributed by atoms with Gasteiger partial charge >= 0.3 is 5.97 Å². The van der Waals surface area contributed by atoms with E-state index in [2.05, 4.69) is 10.1 Å². The van der Waals surface area contributed by atoms with Gasteiger partial charge in [0.1, 0.15) is 5.15 Å². The average Bonchev–Trinajstić information content (AvgIpc) is 3.00. The van der Waals surface area contributed by atoms with Gasteiger partial charge in [-0.25, -0.2) is 14.3 Å².